The number of carbonyl (C=O) groups is 1. The molecule has 2 aromatic heterocycles. The van der Waals surface area contributed by atoms with Gasteiger partial charge in [-0.05, 0) is 36.1 Å². The molecule has 0 bridgehead atoms. The van der Waals surface area contributed by atoms with E-state index in [2.05, 4.69) is 21.7 Å². The van der Waals surface area contributed by atoms with Crippen LogP contribution in [0.15, 0.2) is 42.0 Å². The summed E-state index contributed by atoms with van der Waals surface area (Å²) in [5.74, 6) is 1.47. The Balaban J connectivity index is 1.72. The van der Waals surface area contributed by atoms with Crippen LogP contribution in [0.2, 0.25) is 0 Å². The summed E-state index contributed by atoms with van der Waals surface area (Å²) < 4.78 is 0. The molecule has 1 atom stereocenters. The van der Waals surface area contributed by atoms with Crippen LogP contribution < -0.4 is 5.32 Å². The van der Waals surface area contributed by atoms with E-state index >= 15 is 0 Å². The largest absolute Gasteiger partial charge is 0.349 e. The average Bonchev–Trinajstić information content (AvgIpc) is 2.93. The van der Waals surface area contributed by atoms with Crippen LogP contribution in [0.25, 0.3) is 0 Å². The van der Waals surface area contributed by atoms with Crippen LogP contribution in [0.5, 0.6) is 0 Å². The molecule has 0 aliphatic carbocycles. The van der Waals surface area contributed by atoms with Crippen molar-refractivity contribution in [2.75, 3.05) is 5.75 Å². The highest BCUT2D eigenvalue weighted by Gasteiger charge is 2.09. The third kappa shape index (κ3) is 4.69. The monoisotopic (exact) mass is 292 g/mol. The first-order valence-electron chi connectivity index (χ1n) is 6.05. The Kier molecular flexibility index (Phi) is 5.42. The molecule has 0 aliphatic rings. The second-order valence-corrected chi connectivity index (χ2v) is 6.16. The lowest BCUT2D eigenvalue weighted by atomic mass is 10.1. The van der Waals surface area contributed by atoms with E-state index in [0.717, 1.165) is 11.3 Å². The van der Waals surface area contributed by atoms with Crippen molar-refractivity contribution in [3.05, 3.63) is 52.5 Å². The maximum Gasteiger partial charge on any atom is 0.230 e. The van der Waals surface area contributed by atoms with Gasteiger partial charge in [-0.3, -0.25) is 9.78 Å². The van der Waals surface area contributed by atoms with Gasteiger partial charge >= 0.3 is 0 Å². The third-order valence-corrected chi connectivity index (χ3v) is 4.68. The fourth-order valence-corrected chi connectivity index (χ4v) is 3.34. The highest BCUT2D eigenvalue weighted by Crippen LogP contribution is 2.17. The normalized spacial score (nSPS) is 12.1. The van der Waals surface area contributed by atoms with E-state index in [1.807, 2.05) is 25.1 Å². The minimum absolute atomic E-state index is 0.0258. The summed E-state index contributed by atoms with van der Waals surface area (Å²) in [6.45, 7) is 1.98. The van der Waals surface area contributed by atoms with Crippen LogP contribution in [0.1, 0.15) is 23.4 Å². The lowest BCUT2D eigenvalue weighted by Crippen LogP contribution is -2.28. The van der Waals surface area contributed by atoms with Crippen LogP contribution in [0.3, 0.4) is 0 Å². The molecule has 0 saturated heterocycles. The van der Waals surface area contributed by atoms with Gasteiger partial charge in [0.15, 0.2) is 0 Å². The van der Waals surface area contributed by atoms with Crippen molar-refractivity contribution in [2.45, 2.75) is 18.7 Å². The van der Waals surface area contributed by atoms with Gasteiger partial charge in [0.05, 0.1) is 11.8 Å². The summed E-state index contributed by atoms with van der Waals surface area (Å²) in [5.41, 5.74) is 1.08. The van der Waals surface area contributed by atoms with Crippen molar-refractivity contribution < 1.29 is 4.79 Å². The SMILES string of the molecule is C[C@@H](NC(=O)CSCc1cccs1)c1ccncc1. The summed E-state index contributed by atoms with van der Waals surface area (Å²) in [6.07, 6.45) is 3.48. The Morgan fingerprint density at radius 1 is 1.42 bits per heavy atom. The van der Waals surface area contributed by atoms with Gasteiger partial charge in [-0.25, -0.2) is 0 Å². The molecule has 1 amide bonds. The van der Waals surface area contributed by atoms with Crippen molar-refractivity contribution >= 4 is 29.0 Å². The molecule has 2 rings (SSSR count). The van der Waals surface area contributed by atoms with Gasteiger partial charge in [0.1, 0.15) is 0 Å². The van der Waals surface area contributed by atoms with Crippen LogP contribution in [0.4, 0.5) is 0 Å². The fourth-order valence-electron chi connectivity index (χ4n) is 1.66. The molecule has 0 fully saturated rings. The second-order valence-electron chi connectivity index (χ2n) is 4.14. The number of thioether (sulfide) groups is 1. The van der Waals surface area contributed by atoms with Gasteiger partial charge in [0.25, 0.3) is 0 Å². The molecule has 0 aromatic carbocycles. The van der Waals surface area contributed by atoms with Crippen molar-refractivity contribution in [1.29, 1.82) is 0 Å². The Hall–Kier alpha value is -1.33. The predicted molar refractivity (Wildman–Crippen MR) is 81.3 cm³/mol. The molecule has 1 N–H and O–H groups in total. The van der Waals surface area contributed by atoms with E-state index in [1.54, 1.807) is 35.5 Å². The number of nitrogens with one attached hydrogen (secondary N) is 1. The maximum absolute atomic E-state index is 11.8. The molecule has 3 nitrogen and oxygen atoms in total. The Morgan fingerprint density at radius 2 is 2.21 bits per heavy atom. The van der Waals surface area contributed by atoms with Gasteiger partial charge in [0, 0.05) is 23.0 Å². The summed E-state index contributed by atoms with van der Waals surface area (Å²) in [4.78, 5) is 17.1. The van der Waals surface area contributed by atoms with Crippen LogP contribution in [-0.2, 0) is 10.5 Å². The molecule has 100 valence electrons. The zero-order valence-electron chi connectivity index (χ0n) is 10.7. The fraction of sp³-hybridized carbons (Fsp3) is 0.286. The number of amides is 1. The number of pyridine rings is 1. The number of carbonyl (C=O) groups excluding carboxylic acids is 1. The van der Waals surface area contributed by atoms with Crippen molar-refractivity contribution in [2.24, 2.45) is 0 Å². The van der Waals surface area contributed by atoms with Crippen molar-refractivity contribution in [1.82, 2.24) is 10.3 Å². The summed E-state index contributed by atoms with van der Waals surface area (Å²) in [7, 11) is 0. The van der Waals surface area contributed by atoms with Crippen molar-refractivity contribution in [3.63, 3.8) is 0 Å². The van der Waals surface area contributed by atoms with Crippen LogP contribution >= 0.6 is 23.1 Å². The lowest BCUT2D eigenvalue weighted by Gasteiger charge is -2.13. The smallest absolute Gasteiger partial charge is 0.230 e. The van der Waals surface area contributed by atoms with E-state index in [4.69, 9.17) is 0 Å². The third-order valence-electron chi connectivity index (χ3n) is 2.64. The van der Waals surface area contributed by atoms with Gasteiger partial charge < -0.3 is 5.32 Å². The quantitative estimate of drug-likeness (QED) is 0.888. The van der Waals surface area contributed by atoms with Gasteiger partial charge in [0.2, 0.25) is 5.91 Å². The lowest BCUT2D eigenvalue weighted by molar-refractivity contribution is -0.119. The van der Waals surface area contributed by atoms with E-state index in [0.29, 0.717) is 5.75 Å². The maximum atomic E-state index is 11.8. The summed E-state index contributed by atoms with van der Waals surface area (Å²) in [5, 5.41) is 5.05. The van der Waals surface area contributed by atoms with Gasteiger partial charge in [-0.2, -0.15) is 0 Å². The number of rotatable bonds is 6. The molecular weight excluding hydrogens is 276 g/mol. The summed E-state index contributed by atoms with van der Waals surface area (Å²) in [6, 6.07) is 7.99. The van der Waals surface area contributed by atoms with Gasteiger partial charge in [-0.15, -0.1) is 23.1 Å². The molecule has 0 spiro atoms. The molecule has 19 heavy (non-hydrogen) atoms. The molecule has 0 unspecified atom stereocenters. The number of aromatic nitrogens is 1. The number of hydrogen-bond donors (Lipinski definition) is 1. The minimum atomic E-state index is 0.0258. The average molecular weight is 292 g/mol. The predicted octanol–water partition coefficient (Wildman–Crippen LogP) is 3.25. The molecule has 5 heteroatoms. The van der Waals surface area contributed by atoms with E-state index in [-0.39, 0.29) is 11.9 Å². The topological polar surface area (TPSA) is 42.0 Å². The highest BCUT2D eigenvalue weighted by molar-refractivity contribution is 7.99. The molecule has 0 saturated carbocycles. The van der Waals surface area contributed by atoms with Crippen LogP contribution in [0, 0.1) is 0 Å². The molecular formula is C14H16N2OS2. The Bertz CT molecular complexity index is 499. The van der Waals surface area contributed by atoms with Gasteiger partial charge in [-0.1, -0.05) is 6.07 Å². The number of nitrogens with zero attached hydrogens (tertiary/aromatic N) is 1. The minimum Gasteiger partial charge on any atom is -0.349 e. The second kappa shape index (κ2) is 7.31. The number of thiophene rings is 1. The van der Waals surface area contributed by atoms with Crippen LogP contribution in [-0.4, -0.2) is 16.6 Å². The zero-order chi connectivity index (χ0) is 13.5. The standard InChI is InChI=1S/C14H16N2OS2/c1-11(12-4-6-15-7-5-12)16-14(17)10-18-9-13-3-2-8-19-13/h2-8,11H,9-10H2,1H3,(H,16,17)/t11-/m1/s1. The highest BCUT2D eigenvalue weighted by atomic mass is 32.2. The number of hydrogen-bond acceptors (Lipinski definition) is 4. The zero-order valence-corrected chi connectivity index (χ0v) is 12.3. The Morgan fingerprint density at radius 3 is 2.89 bits per heavy atom. The summed E-state index contributed by atoms with van der Waals surface area (Å²) >= 11 is 3.37. The van der Waals surface area contributed by atoms with E-state index in [9.17, 15) is 4.79 Å². The Labute approximate surface area is 121 Å². The molecule has 0 aliphatic heterocycles. The molecule has 0 radical (unpaired) electrons. The van der Waals surface area contributed by atoms with E-state index < -0.39 is 0 Å². The van der Waals surface area contributed by atoms with E-state index in [1.165, 1.54) is 4.88 Å². The first-order chi connectivity index (χ1) is 9.25. The first-order valence-corrected chi connectivity index (χ1v) is 8.08. The molecule has 2 aromatic rings. The molecule has 2 heterocycles. The first kappa shape index (κ1) is 14.1. The van der Waals surface area contributed by atoms with Crippen molar-refractivity contribution in [3.8, 4) is 0 Å².